The molecule has 0 bridgehead atoms. The summed E-state index contributed by atoms with van der Waals surface area (Å²) in [6.45, 7) is 8.45. The summed E-state index contributed by atoms with van der Waals surface area (Å²) in [6.07, 6.45) is 2.09. The number of nitrogens with zero attached hydrogens (tertiary/aromatic N) is 1. The first-order valence-corrected chi connectivity index (χ1v) is 5.97. The second kappa shape index (κ2) is 5.28. The molecule has 0 aromatic heterocycles. The zero-order valence-electron chi connectivity index (χ0n) is 10.6. The van der Waals surface area contributed by atoms with E-state index in [1.54, 1.807) is 7.11 Å². The number of aliphatic hydroxyl groups is 1. The lowest BCUT2D eigenvalue weighted by Crippen LogP contribution is -2.48. The van der Waals surface area contributed by atoms with Crippen LogP contribution in [0.15, 0.2) is 0 Å². The molecule has 0 spiro atoms. The fourth-order valence-corrected chi connectivity index (χ4v) is 2.47. The summed E-state index contributed by atoms with van der Waals surface area (Å²) in [4.78, 5) is 2.22. The van der Waals surface area contributed by atoms with Crippen LogP contribution in [0.3, 0.4) is 0 Å². The lowest BCUT2D eigenvalue weighted by Gasteiger charge is -2.36. The summed E-state index contributed by atoms with van der Waals surface area (Å²) in [7, 11) is 1.70. The van der Waals surface area contributed by atoms with Crippen LogP contribution in [-0.4, -0.2) is 41.5 Å². The largest absolute Gasteiger partial charge is 0.381 e. The van der Waals surface area contributed by atoms with Gasteiger partial charge in [-0.05, 0) is 33.6 Å². The summed E-state index contributed by atoms with van der Waals surface area (Å²) in [5.74, 6) is 0.151. The predicted octanol–water partition coefficient (Wildman–Crippen LogP) is 1.85. The fourth-order valence-electron chi connectivity index (χ4n) is 2.47. The van der Waals surface area contributed by atoms with Crippen molar-refractivity contribution in [2.45, 2.75) is 65.0 Å². The molecule has 0 aliphatic carbocycles. The highest BCUT2D eigenvalue weighted by atomic mass is 16.5. The van der Waals surface area contributed by atoms with Gasteiger partial charge in [0.1, 0.15) is 6.23 Å². The number of hydrogen-bond donors (Lipinski definition) is 1. The van der Waals surface area contributed by atoms with Crippen molar-refractivity contribution in [3.8, 4) is 0 Å². The third kappa shape index (κ3) is 2.71. The van der Waals surface area contributed by atoms with Crippen molar-refractivity contribution in [3.05, 3.63) is 0 Å². The lowest BCUT2D eigenvalue weighted by atomic mass is 10.0. The maximum Gasteiger partial charge on any atom is 0.112 e. The number of hydrogen-bond acceptors (Lipinski definition) is 3. The van der Waals surface area contributed by atoms with Crippen LogP contribution in [0.5, 0.6) is 0 Å². The van der Waals surface area contributed by atoms with Gasteiger partial charge in [-0.25, -0.2) is 0 Å². The Bertz CT molecular complexity index is 188. The molecule has 0 aromatic rings. The molecular weight excluding hydrogens is 190 g/mol. The summed E-state index contributed by atoms with van der Waals surface area (Å²) in [5, 5.41) is 10.3. The van der Waals surface area contributed by atoms with Crippen molar-refractivity contribution in [2.24, 2.45) is 5.92 Å². The molecule has 0 aromatic carbocycles. The molecule has 1 saturated heterocycles. The zero-order chi connectivity index (χ0) is 11.6. The maximum absolute atomic E-state index is 10.3. The second-order valence-electron chi connectivity index (χ2n) is 4.94. The molecule has 3 nitrogen and oxygen atoms in total. The van der Waals surface area contributed by atoms with Gasteiger partial charge in [0, 0.05) is 25.1 Å². The normalized spacial score (nSPS) is 34.0. The van der Waals surface area contributed by atoms with E-state index in [0.29, 0.717) is 12.1 Å². The Morgan fingerprint density at radius 1 is 1.20 bits per heavy atom. The first-order chi connectivity index (χ1) is 6.99. The Morgan fingerprint density at radius 2 is 1.67 bits per heavy atom. The molecule has 15 heavy (non-hydrogen) atoms. The van der Waals surface area contributed by atoms with E-state index < -0.39 is 0 Å². The topological polar surface area (TPSA) is 32.7 Å². The Hall–Kier alpha value is -0.120. The summed E-state index contributed by atoms with van der Waals surface area (Å²) >= 11 is 0. The molecule has 1 aliphatic heterocycles. The minimum absolute atomic E-state index is 0.0972. The van der Waals surface area contributed by atoms with Gasteiger partial charge in [0.2, 0.25) is 0 Å². The summed E-state index contributed by atoms with van der Waals surface area (Å²) in [6, 6.07) is 0.975. The average molecular weight is 215 g/mol. The van der Waals surface area contributed by atoms with Gasteiger partial charge in [-0.15, -0.1) is 0 Å². The second-order valence-corrected chi connectivity index (χ2v) is 4.94. The van der Waals surface area contributed by atoms with Crippen LogP contribution in [0.4, 0.5) is 0 Å². The van der Waals surface area contributed by atoms with Crippen molar-refractivity contribution in [3.63, 3.8) is 0 Å². The number of aliphatic hydroxyl groups excluding tert-OH is 1. The quantitative estimate of drug-likeness (QED) is 0.777. The Kier molecular flexibility index (Phi) is 4.56. The first kappa shape index (κ1) is 12.9. The van der Waals surface area contributed by atoms with Gasteiger partial charge in [0.05, 0.1) is 6.10 Å². The predicted molar refractivity (Wildman–Crippen MR) is 61.6 cm³/mol. The first-order valence-electron chi connectivity index (χ1n) is 5.97. The van der Waals surface area contributed by atoms with Crippen molar-refractivity contribution in [2.75, 3.05) is 7.11 Å². The van der Waals surface area contributed by atoms with Gasteiger partial charge < -0.3 is 9.84 Å². The summed E-state index contributed by atoms with van der Waals surface area (Å²) < 4.78 is 5.28. The van der Waals surface area contributed by atoms with E-state index >= 15 is 0 Å². The molecule has 0 saturated carbocycles. The average Bonchev–Trinajstić information content (AvgIpc) is 2.55. The highest BCUT2D eigenvalue weighted by molar-refractivity contribution is 4.86. The lowest BCUT2D eigenvalue weighted by molar-refractivity contribution is -0.0942. The fraction of sp³-hybridized carbons (Fsp3) is 1.00. The van der Waals surface area contributed by atoms with Gasteiger partial charge >= 0.3 is 0 Å². The van der Waals surface area contributed by atoms with Crippen molar-refractivity contribution >= 4 is 0 Å². The van der Waals surface area contributed by atoms with Crippen LogP contribution in [0.2, 0.25) is 0 Å². The van der Waals surface area contributed by atoms with E-state index in [1.807, 2.05) is 6.92 Å². The molecule has 5 atom stereocenters. The number of methoxy groups -OCH3 is 1. The molecule has 1 rings (SSSR count). The molecular formula is C12H25NO2. The molecule has 1 heterocycles. The van der Waals surface area contributed by atoms with Crippen LogP contribution in [0.25, 0.3) is 0 Å². The van der Waals surface area contributed by atoms with E-state index in [-0.39, 0.29) is 18.2 Å². The molecule has 4 unspecified atom stereocenters. The van der Waals surface area contributed by atoms with Crippen molar-refractivity contribution < 1.29 is 9.84 Å². The third-order valence-electron chi connectivity index (χ3n) is 3.91. The van der Waals surface area contributed by atoms with E-state index in [4.69, 9.17) is 4.74 Å². The molecule has 90 valence electrons. The van der Waals surface area contributed by atoms with Crippen LogP contribution in [0.1, 0.15) is 40.5 Å². The Labute approximate surface area is 93.4 Å². The number of likely N-dealkylation sites (tertiary alicyclic amines) is 1. The number of rotatable bonds is 4. The van der Waals surface area contributed by atoms with Gasteiger partial charge in [0.25, 0.3) is 0 Å². The molecule has 0 amide bonds. The van der Waals surface area contributed by atoms with Crippen LogP contribution < -0.4 is 0 Å². The SMILES string of the molecule is COC(C)C(C)C(O)N1C(C)CC[C@H]1C. The van der Waals surface area contributed by atoms with E-state index in [2.05, 4.69) is 25.7 Å². The third-order valence-corrected chi connectivity index (χ3v) is 3.91. The van der Waals surface area contributed by atoms with E-state index in [1.165, 1.54) is 12.8 Å². The minimum atomic E-state index is -0.382. The van der Waals surface area contributed by atoms with Gasteiger partial charge in [-0.2, -0.15) is 0 Å². The van der Waals surface area contributed by atoms with Crippen molar-refractivity contribution in [1.82, 2.24) is 4.90 Å². The molecule has 1 N–H and O–H groups in total. The monoisotopic (exact) mass is 215 g/mol. The van der Waals surface area contributed by atoms with Crippen molar-refractivity contribution in [1.29, 1.82) is 0 Å². The zero-order valence-corrected chi connectivity index (χ0v) is 10.6. The van der Waals surface area contributed by atoms with Crippen LogP contribution >= 0.6 is 0 Å². The van der Waals surface area contributed by atoms with Crippen LogP contribution in [0, 0.1) is 5.92 Å². The minimum Gasteiger partial charge on any atom is -0.381 e. The van der Waals surface area contributed by atoms with Gasteiger partial charge in [-0.1, -0.05) is 6.92 Å². The summed E-state index contributed by atoms with van der Waals surface area (Å²) in [5.41, 5.74) is 0. The number of ether oxygens (including phenoxy) is 1. The highest BCUT2D eigenvalue weighted by Crippen LogP contribution is 2.28. The Balaban J connectivity index is 2.62. The van der Waals surface area contributed by atoms with Crippen LogP contribution in [-0.2, 0) is 4.74 Å². The van der Waals surface area contributed by atoms with E-state index in [9.17, 15) is 5.11 Å². The molecule has 1 aliphatic rings. The van der Waals surface area contributed by atoms with Gasteiger partial charge in [-0.3, -0.25) is 4.90 Å². The molecule has 1 fully saturated rings. The Morgan fingerprint density at radius 3 is 2.07 bits per heavy atom. The molecule has 3 heteroatoms. The van der Waals surface area contributed by atoms with Gasteiger partial charge in [0.15, 0.2) is 0 Å². The maximum atomic E-state index is 10.3. The molecule has 0 radical (unpaired) electrons. The smallest absolute Gasteiger partial charge is 0.112 e. The van der Waals surface area contributed by atoms with E-state index in [0.717, 1.165) is 0 Å². The standard InChI is InChI=1S/C12H25NO2/c1-8-6-7-9(2)13(8)12(14)10(3)11(4)15-5/h8-12,14H,6-7H2,1-5H3/t8-,9?,10?,11?,12?/m1/s1. The highest BCUT2D eigenvalue weighted by Gasteiger charge is 2.36.